The molecule has 25 heavy (non-hydrogen) atoms. The molecule has 7 heteroatoms. The molecule has 134 valence electrons. The van der Waals surface area contributed by atoms with Crippen LogP contribution in [0.3, 0.4) is 0 Å². The molecule has 4 nitrogen and oxygen atoms in total. The molecule has 2 atom stereocenters. The monoisotopic (exact) mass is 368 g/mol. The van der Waals surface area contributed by atoms with Crippen LogP contribution in [0.15, 0.2) is 36.4 Å². The lowest BCUT2D eigenvalue weighted by molar-refractivity contribution is -0.118. The fraction of sp³-hybridized carbons (Fsp3) is 0.278. The molecule has 0 aliphatic carbocycles. The van der Waals surface area contributed by atoms with Gasteiger partial charge < -0.3 is 10.1 Å². The third-order valence-corrected chi connectivity index (χ3v) is 3.98. The largest absolute Gasteiger partial charge is 0.495 e. The molecule has 0 bridgehead atoms. The molecule has 1 amide bonds. The third-order valence-electron chi connectivity index (χ3n) is 3.74. The van der Waals surface area contributed by atoms with Crippen molar-refractivity contribution in [2.45, 2.75) is 25.9 Å². The Hall–Kier alpha value is -2.18. The van der Waals surface area contributed by atoms with Crippen molar-refractivity contribution < 1.29 is 18.3 Å². The average molecular weight is 369 g/mol. The maximum absolute atomic E-state index is 13.8. The molecule has 0 saturated heterocycles. The van der Waals surface area contributed by atoms with Gasteiger partial charge in [-0.15, -0.1) is 0 Å². The first-order valence-corrected chi connectivity index (χ1v) is 8.05. The van der Waals surface area contributed by atoms with Gasteiger partial charge in [-0.25, -0.2) is 8.78 Å². The SMILES string of the molecule is COc1ccc(Cl)cc1NC(=O)[C@@H](C)N[C@H](C)c1ccc(F)cc1F. The van der Waals surface area contributed by atoms with E-state index < -0.39 is 23.7 Å². The fourth-order valence-corrected chi connectivity index (χ4v) is 2.58. The Bertz CT molecular complexity index is 771. The van der Waals surface area contributed by atoms with E-state index >= 15 is 0 Å². The molecule has 0 aliphatic rings. The van der Waals surface area contributed by atoms with Gasteiger partial charge in [-0.2, -0.15) is 0 Å². The van der Waals surface area contributed by atoms with E-state index in [1.54, 1.807) is 32.0 Å². The number of hydrogen-bond acceptors (Lipinski definition) is 3. The van der Waals surface area contributed by atoms with E-state index in [4.69, 9.17) is 16.3 Å². The molecule has 0 spiro atoms. The van der Waals surface area contributed by atoms with Crippen molar-refractivity contribution in [3.05, 3.63) is 58.6 Å². The van der Waals surface area contributed by atoms with E-state index in [1.807, 2.05) is 0 Å². The molecule has 2 N–H and O–H groups in total. The molecule has 0 aromatic heterocycles. The normalized spacial score (nSPS) is 13.2. The van der Waals surface area contributed by atoms with Gasteiger partial charge in [-0.3, -0.25) is 10.1 Å². The molecule has 0 saturated carbocycles. The van der Waals surface area contributed by atoms with Crippen molar-refractivity contribution in [1.29, 1.82) is 0 Å². The number of carbonyl (C=O) groups excluding carboxylic acids is 1. The highest BCUT2D eigenvalue weighted by Gasteiger charge is 2.20. The van der Waals surface area contributed by atoms with Gasteiger partial charge in [0.15, 0.2) is 0 Å². The first-order chi connectivity index (χ1) is 11.8. The number of halogens is 3. The summed E-state index contributed by atoms with van der Waals surface area (Å²) in [5.41, 5.74) is 0.718. The highest BCUT2D eigenvalue weighted by molar-refractivity contribution is 6.31. The van der Waals surface area contributed by atoms with Crippen LogP contribution in [0.4, 0.5) is 14.5 Å². The first kappa shape index (κ1) is 19.1. The number of amides is 1. The van der Waals surface area contributed by atoms with Gasteiger partial charge in [-0.05, 0) is 38.1 Å². The molecule has 0 radical (unpaired) electrons. The Balaban J connectivity index is 2.06. The summed E-state index contributed by atoms with van der Waals surface area (Å²) in [5.74, 6) is -1.17. The van der Waals surface area contributed by atoms with Crippen molar-refractivity contribution >= 4 is 23.2 Å². The van der Waals surface area contributed by atoms with Crippen LogP contribution in [0.25, 0.3) is 0 Å². The Morgan fingerprint density at radius 1 is 1.16 bits per heavy atom. The second kappa shape index (κ2) is 8.27. The summed E-state index contributed by atoms with van der Waals surface area (Å²) in [4.78, 5) is 12.4. The van der Waals surface area contributed by atoms with Gasteiger partial charge in [0.25, 0.3) is 0 Å². The van der Waals surface area contributed by atoms with E-state index in [-0.39, 0.29) is 11.5 Å². The molecule has 0 fully saturated rings. The number of hydrogen-bond donors (Lipinski definition) is 2. The van der Waals surface area contributed by atoms with Crippen molar-refractivity contribution in [3.8, 4) is 5.75 Å². The highest BCUT2D eigenvalue weighted by Crippen LogP contribution is 2.28. The minimum absolute atomic E-state index is 0.279. The topological polar surface area (TPSA) is 50.4 Å². The zero-order valence-electron chi connectivity index (χ0n) is 14.1. The lowest BCUT2D eigenvalue weighted by Gasteiger charge is -2.21. The first-order valence-electron chi connectivity index (χ1n) is 7.67. The summed E-state index contributed by atoms with van der Waals surface area (Å²) in [5, 5.41) is 6.16. The lowest BCUT2D eigenvalue weighted by atomic mass is 10.1. The van der Waals surface area contributed by atoms with Crippen molar-refractivity contribution in [3.63, 3.8) is 0 Å². The van der Waals surface area contributed by atoms with Gasteiger partial charge in [0.05, 0.1) is 18.8 Å². The number of nitrogens with one attached hydrogen (secondary N) is 2. The number of methoxy groups -OCH3 is 1. The molecule has 0 heterocycles. The maximum atomic E-state index is 13.8. The summed E-state index contributed by atoms with van der Waals surface area (Å²) in [6.45, 7) is 3.34. The van der Waals surface area contributed by atoms with E-state index in [2.05, 4.69) is 10.6 Å². The quantitative estimate of drug-likeness (QED) is 0.799. The van der Waals surface area contributed by atoms with Crippen LogP contribution in [-0.2, 0) is 4.79 Å². The van der Waals surface area contributed by atoms with E-state index in [0.29, 0.717) is 16.5 Å². The number of carbonyl (C=O) groups is 1. The van der Waals surface area contributed by atoms with Crippen LogP contribution in [0.1, 0.15) is 25.5 Å². The zero-order valence-corrected chi connectivity index (χ0v) is 14.8. The van der Waals surface area contributed by atoms with Crippen LogP contribution >= 0.6 is 11.6 Å². The lowest BCUT2D eigenvalue weighted by Crippen LogP contribution is -2.39. The van der Waals surface area contributed by atoms with Gasteiger partial charge >= 0.3 is 0 Å². The van der Waals surface area contributed by atoms with Crippen molar-refractivity contribution in [1.82, 2.24) is 5.32 Å². The Kier molecular flexibility index (Phi) is 6.33. The zero-order chi connectivity index (χ0) is 18.6. The van der Waals surface area contributed by atoms with Crippen molar-refractivity contribution in [2.75, 3.05) is 12.4 Å². The number of benzene rings is 2. The Morgan fingerprint density at radius 2 is 1.88 bits per heavy atom. The Morgan fingerprint density at radius 3 is 2.52 bits per heavy atom. The van der Waals surface area contributed by atoms with Crippen molar-refractivity contribution in [2.24, 2.45) is 0 Å². The van der Waals surface area contributed by atoms with Crippen LogP contribution in [0.5, 0.6) is 5.75 Å². The minimum atomic E-state index is -0.663. The van der Waals surface area contributed by atoms with Gasteiger partial charge in [0.1, 0.15) is 17.4 Å². The van der Waals surface area contributed by atoms with Crippen LogP contribution < -0.4 is 15.4 Å². The van der Waals surface area contributed by atoms with Crippen LogP contribution in [0.2, 0.25) is 5.02 Å². The predicted octanol–water partition coefficient (Wildman–Crippen LogP) is 4.30. The number of anilines is 1. The summed E-state index contributed by atoms with van der Waals surface area (Å²) >= 11 is 5.94. The molecule has 0 unspecified atom stereocenters. The summed E-state index contributed by atoms with van der Waals surface area (Å²) in [6.07, 6.45) is 0. The molecular formula is C18H19ClF2N2O2. The Labute approximate surface area is 150 Å². The predicted molar refractivity (Wildman–Crippen MR) is 94.0 cm³/mol. The summed E-state index contributed by atoms with van der Waals surface area (Å²) < 4.78 is 32.0. The third kappa shape index (κ3) is 4.90. The highest BCUT2D eigenvalue weighted by atomic mass is 35.5. The standard InChI is InChI=1S/C18H19ClF2N2O2/c1-10(14-6-5-13(20)9-15(14)21)22-11(2)18(24)23-16-8-12(19)4-7-17(16)25-3/h4-11,22H,1-3H3,(H,23,24)/t10-,11-/m1/s1. The summed E-state index contributed by atoms with van der Waals surface area (Å²) in [7, 11) is 1.49. The molecule has 2 aromatic rings. The minimum Gasteiger partial charge on any atom is -0.495 e. The summed E-state index contributed by atoms with van der Waals surface area (Å²) in [6, 6.07) is 7.10. The molecule has 0 aliphatic heterocycles. The van der Waals surface area contributed by atoms with Crippen LogP contribution in [-0.4, -0.2) is 19.1 Å². The van der Waals surface area contributed by atoms with E-state index in [9.17, 15) is 13.6 Å². The van der Waals surface area contributed by atoms with E-state index in [0.717, 1.165) is 6.07 Å². The average Bonchev–Trinajstić information content (AvgIpc) is 2.54. The molecule has 2 rings (SSSR count). The smallest absolute Gasteiger partial charge is 0.241 e. The maximum Gasteiger partial charge on any atom is 0.241 e. The van der Waals surface area contributed by atoms with Gasteiger partial charge in [-0.1, -0.05) is 17.7 Å². The second-order valence-corrected chi connectivity index (χ2v) is 6.05. The van der Waals surface area contributed by atoms with Gasteiger partial charge in [0, 0.05) is 22.7 Å². The fourth-order valence-electron chi connectivity index (χ4n) is 2.41. The number of rotatable bonds is 6. The number of ether oxygens (including phenoxy) is 1. The van der Waals surface area contributed by atoms with Gasteiger partial charge in [0.2, 0.25) is 5.91 Å². The molecular weight excluding hydrogens is 350 g/mol. The second-order valence-electron chi connectivity index (χ2n) is 5.61. The van der Waals surface area contributed by atoms with E-state index in [1.165, 1.54) is 19.2 Å². The van der Waals surface area contributed by atoms with Crippen LogP contribution in [0, 0.1) is 11.6 Å². The molecule has 2 aromatic carbocycles.